The number of nitrogens with one attached hydrogen (secondary N) is 1. The molecule has 4 rings (SSSR count). The first kappa shape index (κ1) is 22.4. The van der Waals surface area contributed by atoms with Gasteiger partial charge in [-0.3, -0.25) is 9.59 Å². The molecule has 1 saturated heterocycles. The molecule has 1 N–H and O–H groups in total. The number of rotatable bonds is 7. The molecule has 1 aliphatic heterocycles. The smallest absolute Gasteiger partial charge is 0.253 e. The number of hydrogen-bond donors (Lipinski definition) is 1. The van der Waals surface area contributed by atoms with E-state index in [2.05, 4.69) is 5.32 Å². The Morgan fingerprint density at radius 1 is 0.879 bits per heavy atom. The molecular formula is C27H28N2O4. The highest BCUT2D eigenvalue weighted by molar-refractivity contribution is 5.95. The van der Waals surface area contributed by atoms with Gasteiger partial charge in [0.25, 0.3) is 11.8 Å². The molecule has 0 unspecified atom stereocenters. The predicted octanol–water partition coefficient (Wildman–Crippen LogP) is 4.31. The number of benzene rings is 3. The zero-order chi connectivity index (χ0) is 23.0. The van der Waals surface area contributed by atoms with Crippen LogP contribution >= 0.6 is 0 Å². The van der Waals surface area contributed by atoms with Crippen LogP contribution in [0.2, 0.25) is 0 Å². The molecule has 3 aromatic rings. The third-order valence-electron chi connectivity index (χ3n) is 5.80. The Hall–Kier alpha value is -3.80. The summed E-state index contributed by atoms with van der Waals surface area (Å²) in [6, 6.07) is 24.4. The fourth-order valence-corrected chi connectivity index (χ4v) is 3.92. The summed E-state index contributed by atoms with van der Waals surface area (Å²) in [5.41, 5.74) is 2.27. The van der Waals surface area contributed by atoms with Crippen LogP contribution in [-0.4, -0.2) is 43.0 Å². The van der Waals surface area contributed by atoms with Crippen LogP contribution in [0.15, 0.2) is 78.9 Å². The number of carbonyl (C=O) groups excluding carboxylic acids is 2. The van der Waals surface area contributed by atoms with E-state index in [9.17, 15) is 9.59 Å². The van der Waals surface area contributed by atoms with Gasteiger partial charge in [0.05, 0.1) is 7.11 Å². The van der Waals surface area contributed by atoms with Gasteiger partial charge in [-0.1, -0.05) is 48.5 Å². The molecule has 1 fully saturated rings. The zero-order valence-electron chi connectivity index (χ0n) is 18.7. The van der Waals surface area contributed by atoms with Crippen LogP contribution in [0.25, 0.3) is 0 Å². The van der Waals surface area contributed by atoms with Crippen molar-refractivity contribution in [3.8, 4) is 11.5 Å². The maximum absolute atomic E-state index is 13.1. The molecule has 0 aromatic heterocycles. The Balaban J connectivity index is 1.33. The number of amides is 2. The predicted molar refractivity (Wildman–Crippen MR) is 127 cm³/mol. The average molecular weight is 445 g/mol. The van der Waals surface area contributed by atoms with Gasteiger partial charge in [-0.2, -0.15) is 0 Å². The summed E-state index contributed by atoms with van der Waals surface area (Å²) in [4.78, 5) is 27.3. The van der Waals surface area contributed by atoms with Gasteiger partial charge >= 0.3 is 0 Å². The van der Waals surface area contributed by atoms with E-state index < -0.39 is 0 Å². The van der Waals surface area contributed by atoms with Crippen molar-refractivity contribution in [1.29, 1.82) is 0 Å². The van der Waals surface area contributed by atoms with Crippen LogP contribution in [0.3, 0.4) is 0 Å². The largest absolute Gasteiger partial charge is 0.493 e. The Bertz CT molecular complexity index is 1080. The van der Waals surface area contributed by atoms with E-state index in [-0.39, 0.29) is 17.9 Å². The lowest BCUT2D eigenvalue weighted by atomic mass is 10.0. The van der Waals surface area contributed by atoms with Crippen molar-refractivity contribution < 1.29 is 19.1 Å². The molecule has 0 atom stereocenters. The molecule has 1 heterocycles. The van der Waals surface area contributed by atoms with Crippen molar-refractivity contribution >= 4 is 11.8 Å². The highest BCUT2D eigenvalue weighted by Gasteiger charge is 2.25. The first-order valence-electron chi connectivity index (χ1n) is 11.1. The van der Waals surface area contributed by atoms with Crippen molar-refractivity contribution in [1.82, 2.24) is 10.2 Å². The second-order valence-electron chi connectivity index (χ2n) is 8.05. The number of likely N-dealkylation sites (tertiary alicyclic amines) is 1. The van der Waals surface area contributed by atoms with Gasteiger partial charge in [0.1, 0.15) is 6.61 Å². The van der Waals surface area contributed by atoms with Crippen LogP contribution in [0.5, 0.6) is 11.5 Å². The minimum atomic E-state index is -0.0730. The topological polar surface area (TPSA) is 67.9 Å². The summed E-state index contributed by atoms with van der Waals surface area (Å²) in [5, 5.41) is 3.07. The molecule has 2 amide bonds. The lowest BCUT2D eigenvalue weighted by Crippen LogP contribution is -2.46. The van der Waals surface area contributed by atoms with E-state index in [0.29, 0.717) is 42.3 Å². The summed E-state index contributed by atoms with van der Waals surface area (Å²) < 4.78 is 11.4. The van der Waals surface area contributed by atoms with Crippen LogP contribution in [-0.2, 0) is 6.61 Å². The molecule has 0 radical (unpaired) electrons. The SMILES string of the molecule is COc1cc(C(=O)N2CCC(NC(=O)c3ccccc3)CC2)ccc1OCc1ccccc1. The molecule has 3 aromatic carbocycles. The molecule has 0 saturated carbocycles. The highest BCUT2D eigenvalue weighted by Crippen LogP contribution is 2.29. The number of hydrogen-bond acceptors (Lipinski definition) is 4. The van der Waals surface area contributed by atoms with Gasteiger partial charge in [-0.25, -0.2) is 0 Å². The van der Waals surface area contributed by atoms with Gasteiger partial charge in [-0.15, -0.1) is 0 Å². The van der Waals surface area contributed by atoms with Crippen LogP contribution < -0.4 is 14.8 Å². The molecule has 170 valence electrons. The third kappa shape index (κ3) is 5.71. The number of methoxy groups -OCH3 is 1. The first-order chi connectivity index (χ1) is 16.1. The highest BCUT2D eigenvalue weighted by atomic mass is 16.5. The molecule has 0 spiro atoms. The molecule has 6 nitrogen and oxygen atoms in total. The fraction of sp³-hybridized carbons (Fsp3) is 0.259. The van der Waals surface area contributed by atoms with Crippen molar-refractivity contribution in [3.05, 3.63) is 95.6 Å². The molecule has 33 heavy (non-hydrogen) atoms. The average Bonchev–Trinajstić information content (AvgIpc) is 2.88. The quantitative estimate of drug-likeness (QED) is 0.590. The number of piperidine rings is 1. The number of carbonyl (C=O) groups is 2. The van der Waals surface area contributed by atoms with Crippen molar-refractivity contribution in [2.45, 2.75) is 25.5 Å². The van der Waals surface area contributed by atoms with E-state index >= 15 is 0 Å². The van der Waals surface area contributed by atoms with E-state index in [1.165, 1.54) is 0 Å². The van der Waals surface area contributed by atoms with Crippen LogP contribution in [0, 0.1) is 0 Å². The number of nitrogens with zero attached hydrogens (tertiary/aromatic N) is 1. The number of ether oxygens (including phenoxy) is 2. The minimum Gasteiger partial charge on any atom is -0.493 e. The maximum atomic E-state index is 13.1. The zero-order valence-corrected chi connectivity index (χ0v) is 18.7. The van der Waals surface area contributed by atoms with E-state index in [1.807, 2.05) is 53.4 Å². The lowest BCUT2D eigenvalue weighted by molar-refractivity contribution is 0.0697. The van der Waals surface area contributed by atoms with Crippen molar-refractivity contribution in [3.63, 3.8) is 0 Å². The van der Waals surface area contributed by atoms with Crippen molar-refractivity contribution in [2.24, 2.45) is 0 Å². The Labute approximate surface area is 194 Å². The summed E-state index contributed by atoms with van der Waals surface area (Å²) in [6.07, 6.45) is 1.44. The Kier molecular flexibility index (Phi) is 7.25. The molecule has 0 aliphatic carbocycles. The third-order valence-corrected chi connectivity index (χ3v) is 5.80. The van der Waals surface area contributed by atoms with Gasteiger partial charge in [0.2, 0.25) is 0 Å². The molecule has 1 aliphatic rings. The maximum Gasteiger partial charge on any atom is 0.253 e. The molecular weight excluding hydrogens is 416 g/mol. The van der Waals surface area contributed by atoms with Crippen LogP contribution in [0.4, 0.5) is 0 Å². The standard InChI is InChI=1S/C27H28N2O4/c1-32-25-18-22(12-13-24(25)33-19-20-8-4-2-5-9-20)27(31)29-16-14-23(15-17-29)28-26(30)21-10-6-3-7-11-21/h2-13,18,23H,14-17,19H2,1H3,(H,28,30). The summed E-state index contributed by atoms with van der Waals surface area (Å²) in [6.45, 7) is 1.60. The summed E-state index contributed by atoms with van der Waals surface area (Å²) >= 11 is 0. The first-order valence-corrected chi connectivity index (χ1v) is 11.1. The lowest BCUT2D eigenvalue weighted by Gasteiger charge is -2.32. The molecule has 6 heteroatoms. The Morgan fingerprint density at radius 2 is 1.55 bits per heavy atom. The Morgan fingerprint density at radius 3 is 2.21 bits per heavy atom. The van der Waals surface area contributed by atoms with Gasteiger partial charge in [0, 0.05) is 30.3 Å². The second-order valence-corrected chi connectivity index (χ2v) is 8.05. The van der Waals surface area contributed by atoms with E-state index in [4.69, 9.17) is 9.47 Å². The van der Waals surface area contributed by atoms with Crippen molar-refractivity contribution in [2.75, 3.05) is 20.2 Å². The van der Waals surface area contributed by atoms with Gasteiger partial charge < -0.3 is 19.7 Å². The fourth-order valence-electron chi connectivity index (χ4n) is 3.92. The monoisotopic (exact) mass is 444 g/mol. The van der Waals surface area contributed by atoms with E-state index in [0.717, 1.165) is 18.4 Å². The van der Waals surface area contributed by atoms with Crippen LogP contribution in [0.1, 0.15) is 39.1 Å². The van der Waals surface area contributed by atoms with E-state index in [1.54, 1.807) is 37.4 Å². The summed E-state index contributed by atoms with van der Waals surface area (Å²) in [5.74, 6) is 1.01. The van der Waals surface area contributed by atoms with Gasteiger partial charge in [-0.05, 0) is 48.7 Å². The second kappa shape index (κ2) is 10.7. The molecule has 0 bridgehead atoms. The van der Waals surface area contributed by atoms with Gasteiger partial charge in [0.15, 0.2) is 11.5 Å². The normalized spacial score (nSPS) is 13.9. The summed E-state index contributed by atoms with van der Waals surface area (Å²) in [7, 11) is 1.57. The minimum absolute atomic E-state index is 0.0456.